The van der Waals surface area contributed by atoms with Gasteiger partial charge in [-0.3, -0.25) is 4.90 Å². The highest BCUT2D eigenvalue weighted by atomic mass is 16.6. The van der Waals surface area contributed by atoms with Crippen LogP contribution in [0.3, 0.4) is 0 Å². The number of hydrogen-bond acceptors (Lipinski definition) is 4. The van der Waals surface area contributed by atoms with Gasteiger partial charge in [-0.25, -0.2) is 4.79 Å². The summed E-state index contributed by atoms with van der Waals surface area (Å²) in [6.45, 7) is 0.558. The Hall–Kier alpha value is -0.810. The molecule has 0 unspecified atom stereocenters. The van der Waals surface area contributed by atoms with E-state index in [1.165, 1.54) is 9.80 Å². The summed E-state index contributed by atoms with van der Waals surface area (Å²) in [5.74, 6) is 0. The van der Waals surface area contributed by atoms with Gasteiger partial charge in [-0.15, -0.1) is 0 Å². The largest absolute Gasteiger partial charge is 0.444 e. The Morgan fingerprint density at radius 3 is 2.38 bits per heavy atom. The van der Waals surface area contributed by atoms with Gasteiger partial charge in [-0.1, -0.05) is 0 Å². The molecule has 0 aromatic heterocycles. The Morgan fingerprint density at radius 2 is 1.94 bits per heavy atom. The first-order valence-corrected chi connectivity index (χ1v) is 5.30. The third-order valence-electron chi connectivity index (χ3n) is 2.14. The van der Waals surface area contributed by atoms with Crippen molar-refractivity contribution in [3.05, 3.63) is 0 Å². The van der Waals surface area contributed by atoms with Crippen molar-refractivity contribution in [3.8, 4) is 0 Å². The smallest absolute Gasteiger partial charge is 0.410 e. The van der Waals surface area contributed by atoms with Crippen LogP contribution in [0.1, 0.15) is 26.3 Å². The zero-order valence-electron chi connectivity index (χ0n) is 14.0. The van der Waals surface area contributed by atoms with Gasteiger partial charge < -0.3 is 14.7 Å². The van der Waals surface area contributed by atoms with Gasteiger partial charge in [-0.05, 0) is 20.8 Å². The van der Waals surface area contributed by atoms with Gasteiger partial charge in [0.05, 0.1) is 9.30 Å². The summed E-state index contributed by atoms with van der Waals surface area (Å²) in [6.07, 6.45) is -0.468. The first kappa shape index (κ1) is 8.31. The monoisotopic (exact) mass is 234 g/mol. The third-order valence-corrected chi connectivity index (χ3v) is 2.14. The van der Waals surface area contributed by atoms with E-state index in [2.05, 4.69) is 0 Å². The Bertz CT molecular complexity index is 358. The number of amides is 1. The fourth-order valence-electron chi connectivity index (χ4n) is 1.40. The highest BCUT2D eigenvalue weighted by molar-refractivity contribution is 5.68. The quantitative estimate of drug-likeness (QED) is 0.757. The number of carbonyl (C=O) groups is 1. The second-order valence-corrected chi connectivity index (χ2v) is 4.68. The summed E-state index contributed by atoms with van der Waals surface area (Å²) >= 11 is 0. The van der Waals surface area contributed by atoms with Crippen molar-refractivity contribution in [2.45, 2.75) is 26.4 Å². The highest BCUT2D eigenvalue weighted by Crippen LogP contribution is 2.11. The van der Waals surface area contributed by atoms with Gasteiger partial charge in [-0.2, -0.15) is 0 Å². The van der Waals surface area contributed by atoms with Crippen molar-refractivity contribution < 1.29 is 20.1 Å². The molecule has 1 aliphatic heterocycles. The lowest BCUT2D eigenvalue weighted by Gasteiger charge is -2.35. The molecule has 0 bridgehead atoms. The maximum Gasteiger partial charge on any atom is 0.410 e. The van der Waals surface area contributed by atoms with E-state index >= 15 is 0 Å². The lowest BCUT2D eigenvalue weighted by Crippen LogP contribution is -2.50. The molecule has 0 aliphatic carbocycles. The first-order chi connectivity index (χ1) is 8.84. The predicted molar refractivity (Wildman–Crippen MR) is 61.3 cm³/mol. The van der Waals surface area contributed by atoms with E-state index in [0.29, 0.717) is 0 Å². The van der Waals surface area contributed by atoms with Crippen molar-refractivity contribution in [1.82, 2.24) is 9.80 Å². The number of aliphatic hydroxyl groups is 1. The molecule has 0 aromatic rings. The maximum absolute atomic E-state index is 11.8. The molecule has 1 saturated heterocycles. The van der Waals surface area contributed by atoms with Crippen molar-refractivity contribution >= 4 is 6.09 Å². The molecule has 1 rings (SSSR count). The maximum atomic E-state index is 11.8. The molecule has 0 saturated carbocycles. The number of piperazine rings is 1. The van der Waals surface area contributed by atoms with Crippen molar-refractivity contribution in [2.75, 3.05) is 39.2 Å². The topological polar surface area (TPSA) is 53.0 Å². The van der Waals surface area contributed by atoms with Crippen LogP contribution in [0.5, 0.6) is 0 Å². The molecule has 1 N–H and O–H groups in total. The number of hydrogen-bond donors (Lipinski definition) is 1. The fourth-order valence-corrected chi connectivity index (χ4v) is 1.40. The van der Waals surface area contributed by atoms with E-state index < -0.39 is 24.8 Å². The van der Waals surface area contributed by atoms with E-state index in [4.69, 9.17) is 10.2 Å². The van der Waals surface area contributed by atoms with Crippen LogP contribution >= 0.6 is 0 Å². The van der Waals surface area contributed by atoms with E-state index in [1.807, 2.05) is 0 Å². The molecular formula is C11H22N2O3. The summed E-state index contributed by atoms with van der Waals surface area (Å²) in [5, 5.41) is 9.24. The summed E-state index contributed by atoms with van der Waals surface area (Å²) < 4.78 is 34.7. The van der Waals surface area contributed by atoms with Crippen molar-refractivity contribution in [3.63, 3.8) is 0 Å². The standard InChI is InChI=1S/C11H22N2O3/c1-11(2,3)16-10(15)13-6-4-12(5-7-13)8-9-14/h14H,4-9H2,1-3H3/i8D2,9D2. The van der Waals surface area contributed by atoms with Crippen LogP contribution in [0.2, 0.25) is 0 Å². The number of ether oxygens (including phenoxy) is 1. The Labute approximate surface area is 103 Å². The molecular weight excluding hydrogens is 208 g/mol. The minimum absolute atomic E-state index is 0.131. The molecule has 1 fully saturated rings. The van der Waals surface area contributed by atoms with E-state index in [9.17, 15) is 9.90 Å². The van der Waals surface area contributed by atoms with E-state index in [1.54, 1.807) is 20.8 Å². The Kier molecular flexibility index (Phi) is 2.85. The van der Waals surface area contributed by atoms with Crippen molar-refractivity contribution in [2.24, 2.45) is 0 Å². The second-order valence-electron chi connectivity index (χ2n) is 4.68. The number of nitrogens with zero attached hydrogens (tertiary/aromatic N) is 2. The first-order valence-electron chi connectivity index (χ1n) is 7.30. The lowest BCUT2D eigenvalue weighted by atomic mass is 10.2. The normalized spacial score (nSPS) is 24.1. The van der Waals surface area contributed by atoms with Crippen LogP contribution in [0.25, 0.3) is 0 Å². The molecule has 1 amide bonds. The average Bonchev–Trinajstić information content (AvgIpc) is 2.25. The predicted octanol–water partition coefficient (Wildman–Crippen LogP) is 0.531. The number of β-amino-alcohol motifs (C(OH)–C–C–N with tert-alkyl or cyclic N) is 1. The summed E-state index contributed by atoms with van der Waals surface area (Å²) in [7, 11) is 0. The Balaban J connectivity index is 2.58. The summed E-state index contributed by atoms with van der Waals surface area (Å²) in [6, 6.07) is 0. The molecule has 1 heterocycles. The molecule has 94 valence electrons. The summed E-state index contributed by atoms with van der Waals surface area (Å²) in [4.78, 5) is 14.5. The summed E-state index contributed by atoms with van der Waals surface area (Å²) in [5.41, 5.74) is -0.592. The zero-order valence-corrected chi connectivity index (χ0v) is 9.99. The van der Waals surface area contributed by atoms with Crippen LogP contribution < -0.4 is 0 Å². The molecule has 0 aromatic carbocycles. The third kappa shape index (κ3) is 4.37. The lowest BCUT2D eigenvalue weighted by molar-refractivity contribution is 0.0134. The van der Waals surface area contributed by atoms with Crippen LogP contribution in [-0.4, -0.2) is 65.8 Å². The number of rotatable bonds is 2. The van der Waals surface area contributed by atoms with E-state index in [-0.39, 0.29) is 26.2 Å². The van der Waals surface area contributed by atoms with Crippen LogP contribution in [0, 0.1) is 0 Å². The van der Waals surface area contributed by atoms with Crippen molar-refractivity contribution in [1.29, 1.82) is 0 Å². The van der Waals surface area contributed by atoms with Gasteiger partial charge in [0.25, 0.3) is 0 Å². The molecule has 0 spiro atoms. The van der Waals surface area contributed by atoms with Gasteiger partial charge in [0, 0.05) is 35.4 Å². The fraction of sp³-hybridized carbons (Fsp3) is 0.909. The molecule has 0 atom stereocenters. The Morgan fingerprint density at radius 1 is 1.38 bits per heavy atom. The average molecular weight is 234 g/mol. The van der Waals surface area contributed by atoms with Crippen LogP contribution in [-0.2, 0) is 4.74 Å². The van der Waals surface area contributed by atoms with Gasteiger partial charge in [0.1, 0.15) is 5.60 Å². The van der Waals surface area contributed by atoms with E-state index in [0.717, 1.165) is 0 Å². The highest BCUT2D eigenvalue weighted by Gasteiger charge is 2.25. The zero-order chi connectivity index (χ0) is 15.8. The molecule has 0 radical (unpaired) electrons. The molecule has 5 heteroatoms. The van der Waals surface area contributed by atoms with Crippen LogP contribution in [0.15, 0.2) is 0 Å². The SMILES string of the molecule is [2H]C([2H])(O)C([2H])([2H])N1CCN(C(=O)OC(C)(C)C)CC1. The van der Waals surface area contributed by atoms with Gasteiger partial charge >= 0.3 is 6.09 Å². The van der Waals surface area contributed by atoms with Crippen LogP contribution in [0.4, 0.5) is 4.79 Å². The molecule has 1 aliphatic rings. The van der Waals surface area contributed by atoms with Gasteiger partial charge in [0.2, 0.25) is 0 Å². The molecule has 16 heavy (non-hydrogen) atoms. The minimum atomic E-state index is -2.96. The molecule has 5 nitrogen and oxygen atoms in total. The van der Waals surface area contributed by atoms with Gasteiger partial charge in [0.15, 0.2) is 0 Å². The number of carbonyl (C=O) groups excluding carboxylic acids is 1. The second kappa shape index (κ2) is 5.50. The minimum Gasteiger partial charge on any atom is -0.444 e.